The predicted octanol–water partition coefficient (Wildman–Crippen LogP) is 11.4. The van der Waals surface area contributed by atoms with Gasteiger partial charge < -0.3 is 28.7 Å². The predicted molar refractivity (Wildman–Crippen MR) is 362 cm³/mol. The summed E-state index contributed by atoms with van der Waals surface area (Å²) in [6.45, 7) is 21.4. The van der Waals surface area contributed by atoms with Gasteiger partial charge in [0.15, 0.2) is 0 Å². The maximum atomic E-state index is 12.2. The van der Waals surface area contributed by atoms with Crippen LogP contribution >= 0.6 is 24.4 Å². The van der Waals surface area contributed by atoms with Gasteiger partial charge in [-0.1, -0.05) is 286 Å². The molecule has 0 aliphatic carbocycles. The number of nitrogens with one attached hydrogen (secondary N) is 2. The third-order valence-electron chi connectivity index (χ3n) is 16.0. The van der Waals surface area contributed by atoms with Crippen molar-refractivity contribution in [3.8, 4) is 0 Å². The molecular weight excluding hydrogens is 1110 g/mol. The molecule has 444 valence electrons. The van der Waals surface area contributed by atoms with Crippen LogP contribution < -0.4 is 61.3 Å². The van der Waals surface area contributed by atoms with E-state index in [2.05, 4.69) is 260 Å². The van der Waals surface area contributed by atoms with E-state index in [1.54, 1.807) is 9.80 Å². The molecule has 2 aliphatic heterocycles. The second-order valence-electron chi connectivity index (χ2n) is 23.4. The number of hydrogen-bond donors (Lipinski definition) is 2. The second-order valence-corrected chi connectivity index (χ2v) is 29.1. The van der Waals surface area contributed by atoms with Crippen molar-refractivity contribution in [2.75, 3.05) is 25.5 Å². The zero-order valence-corrected chi connectivity index (χ0v) is 54.8. The summed E-state index contributed by atoms with van der Waals surface area (Å²) in [5.41, 5.74) is 4.86. The standard InChI is InChI=1S/C42H50N2P2.C20H28N2O4.C12H10P.Li/c1-33(2)41(31-45(37-21-9-5-10-22-37)38-23-11-6-12-24-38)43-29-35-19-17-18-20-36(35)30-44-42(34(3)4)32-46(39-25-13-7-14-26-39)40-27-15-8-16-28-40;1-13(2)17-11-25-19(23)21(17)9-15-7-5-6-8-16(15)10-22-18(14(3)4)12-26-20(22)24;1-3-7-11(8-4-1)13-12-9-5-2-6-10-12;/h5-28,33-34,41-44H,29-32H2,1-4H3;5-8,13-14,17-18H,9-12H2,1-4H3;1-10H;/q;;-1;+1/t41-,42-;17-,18-;;/m11../s1. The van der Waals surface area contributed by atoms with Crippen LogP contribution in [0.25, 0.3) is 0 Å². The van der Waals surface area contributed by atoms with E-state index in [1.165, 1.54) is 51.5 Å². The summed E-state index contributed by atoms with van der Waals surface area (Å²) in [6, 6.07) is 83.4. The molecule has 0 spiro atoms. The smallest absolute Gasteiger partial charge is 0.472 e. The molecule has 2 N–H and O–H groups in total. The number of carbonyl (C=O) groups excluding carboxylic acids is 2. The number of rotatable bonds is 24. The quantitative estimate of drug-likeness (QED) is 0.0463. The Morgan fingerprint density at radius 3 is 0.953 bits per heavy atom. The van der Waals surface area contributed by atoms with Crippen molar-refractivity contribution >= 4 is 68.4 Å². The molecule has 8 aromatic rings. The number of hydrogen-bond acceptors (Lipinski definition) is 6. The van der Waals surface area contributed by atoms with E-state index in [1.807, 2.05) is 36.4 Å². The van der Waals surface area contributed by atoms with E-state index in [4.69, 9.17) is 9.47 Å². The van der Waals surface area contributed by atoms with Crippen molar-refractivity contribution in [2.45, 2.75) is 106 Å². The van der Waals surface area contributed by atoms with Crippen molar-refractivity contribution < 1.29 is 37.9 Å². The summed E-state index contributed by atoms with van der Waals surface area (Å²) in [7, 11) is 0.375. The van der Waals surface area contributed by atoms with Crippen LogP contribution in [0.3, 0.4) is 0 Å². The Labute approximate surface area is 531 Å². The molecular formula is C74H88LiN4O4P3. The van der Waals surface area contributed by atoms with Crippen molar-refractivity contribution in [3.63, 3.8) is 0 Å². The first-order valence-corrected chi connectivity index (χ1v) is 34.3. The van der Waals surface area contributed by atoms with Crippen molar-refractivity contribution in [1.29, 1.82) is 0 Å². The van der Waals surface area contributed by atoms with Gasteiger partial charge >= 0.3 is 31.0 Å². The van der Waals surface area contributed by atoms with Gasteiger partial charge in [-0.2, -0.15) is 0 Å². The first-order valence-electron chi connectivity index (χ1n) is 30.4. The Kier molecular flexibility index (Phi) is 27.7. The van der Waals surface area contributed by atoms with Gasteiger partial charge in [-0.05, 0) is 95.3 Å². The summed E-state index contributed by atoms with van der Waals surface area (Å²) in [5, 5.41) is 16.5. The monoisotopic (exact) mass is 1200 g/mol. The summed E-state index contributed by atoms with van der Waals surface area (Å²) in [6.07, 6.45) is 1.72. The maximum absolute atomic E-state index is 12.2. The summed E-state index contributed by atoms with van der Waals surface area (Å²) >= 11 is 0. The Morgan fingerprint density at radius 2 is 0.674 bits per heavy atom. The minimum absolute atomic E-state index is 0. The van der Waals surface area contributed by atoms with Crippen LogP contribution in [0.4, 0.5) is 9.59 Å². The Hall–Kier alpha value is -5.89. The minimum atomic E-state index is -0.454. The largest absolute Gasteiger partial charge is 1.00 e. The Bertz CT molecular complexity index is 2930. The van der Waals surface area contributed by atoms with Gasteiger partial charge in [-0.15, -0.1) is 0 Å². The van der Waals surface area contributed by atoms with Crippen LogP contribution in [0.5, 0.6) is 0 Å². The average Bonchev–Trinajstić information content (AvgIpc) is 3.81. The van der Waals surface area contributed by atoms with Gasteiger partial charge in [0, 0.05) is 38.3 Å². The minimum Gasteiger partial charge on any atom is -0.472 e. The molecule has 2 amide bonds. The van der Waals surface area contributed by atoms with Crippen LogP contribution in [0.2, 0.25) is 0 Å². The molecule has 8 nitrogen and oxygen atoms in total. The zero-order chi connectivity index (χ0) is 59.9. The molecule has 0 saturated carbocycles. The fourth-order valence-electron chi connectivity index (χ4n) is 10.7. The number of cyclic esters (lactones) is 2. The molecule has 0 radical (unpaired) electrons. The summed E-state index contributed by atoms with van der Waals surface area (Å²) < 4.78 is 10.5. The number of ether oxygens (including phenoxy) is 2. The molecule has 2 fully saturated rings. The van der Waals surface area contributed by atoms with E-state index in [9.17, 15) is 9.59 Å². The first-order chi connectivity index (χ1) is 41.3. The number of nitrogens with zero attached hydrogens (tertiary/aromatic N) is 2. The third kappa shape index (κ3) is 20.1. The van der Waals surface area contributed by atoms with Gasteiger partial charge in [0.1, 0.15) is 13.2 Å². The fourth-order valence-corrected chi connectivity index (χ4v) is 17.1. The van der Waals surface area contributed by atoms with Crippen molar-refractivity contribution in [2.24, 2.45) is 23.7 Å². The molecule has 10 rings (SSSR count). The normalized spacial score (nSPS) is 15.5. The Balaban J connectivity index is 0.000000219. The Morgan fingerprint density at radius 1 is 0.407 bits per heavy atom. The summed E-state index contributed by atoms with van der Waals surface area (Å²) in [4.78, 5) is 27.9. The topological polar surface area (TPSA) is 83.1 Å². The first kappa shape index (κ1) is 67.6. The van der Waals surface area contributed by atoms with Crippen LogP contribution in [0.15, 0.2) is 231 Å². The average molecular weight is 1200 g/mol. The summed E-state index contributed by atoms with van der Waals surface area (Å²) in [5.74, 6) is 1.71. The van der Waals surface area contributed by atoms with E-state index in [0.717, 1.165) is 36.5 Å². The molecule has 0 bridgehead atoms. The van der Waals surface area contributed by atoms with Crippen LogP contribution in [-0.2, 0) is 35.7 Å². The van der Waals surface area contributed by atoms with Crippen molar-refractivity contribution in [3.05, 3.63) is 253 Å². The van der Waals surface area contributed by atoms with E-state index in [-0.39, 0.29) is 43.1 Å². The maximum Gasteiger partial charge on any atom is 1.00 e. The second kappa shape index (κ2) is 35.2. The number of amides is 2. The zero-order valence-electron chi connectivity index (χ0n) is 52.1. The van der Waals surface area contributed by atoms with Gasteiger partial charge in [-0.25, -0.2) is 20.2 Å². The van der Waals surface area contributed by atoms with E-state index >= 15 is 0 Å². The third-order valence-corrected chi connectivity index (χ3v) is 22.3. The molecule has 86 heavy (non-hydrogen) atoms. The van der Waals surface area contributed by atoms with Gasteiger partial charge in [0.25, 0.3) is 0 Å². The molecule has 2 aliphatic rings. The molecule has 0 aromatic heterocycles. The molecule has 8 aromatic carbocycles. The van der Waals surface area contributed by atoms with Gasteiger partial charge in [-0.3, -0.25) is 9.80 Å². The molecule has 12 heteroatoms. The SMILES string of the molecule is CC(C)[C@@H](CP(c1ccccc1)c1ccccc1)NCc1ccccc1CN[C@H](CP(c1ccccc1)c1ccccc1)C(C)C.CC(C)[C@H]1COC(=O)N1Cc1ccccc1CN1C(=O)OC[C@@H]1C(C)C.[Li+].c1ccc([P-]c2ccccc2)cc1. The van der Waals surface area contributed by atoms with Gasteiger partial charge in [0.2, 0.25) is 0 Å². The molecule has 0 unspecified atom stereocenters. The fraction of sp³-hybridized carbons (Fsp3) is 0.324. The molecule has 2 heterocycles. The van der Waals surface area contributed by atoms with Crippen LogP contribution in [-0.4, -0.2) is 71.7 Å². The number of benzene rings is 8. The number of carbonyl (C=O) groups is 2. The van der Waals surface area contributed by atoms with Crippen LogP contribution in [0.1, 0.15) is 77.6 Å². The van der Waals surface area contributed by atoms with Crippen molar-refractivity contribution in [1.82, 2.24) is 20.4 Å². The molecule has 2 saturated heterocycles. The van der Waals surface area contributed by atoms with Gasteiger partial charge in [0.05, 0.1) is 12.1 Å². The molecule has 4 atom stereocenters. The van der Waals surface area contributed by atoms with E-state index in [0.29, 0.717) is 62.1 Å². The van der Waals surface area contributed by atoms with Crippen LogP contribution in [0, 0.1) is 23.7 Å². The van der Waals surface area contributed by atoms with E-state index < -0.39 is 15.8 Å².